The summed E-state index contributed by atoms with van der Waals surface area (Å²) >= 11 is 3.15. The third-order valence-electron chi connectivity index (χ3n) is 4.21. The second kappa shape index (κ2) is 6.55. The van der Waals surface area contributed by atoms with Crippen LogP contribution >= 0.6 is 15.9 Å². The lowest BCUT2D eigenvalue weighted by Crippen LogP contribution is -2.48. The van der Waals surface area contributed by atoms with Gasteiger partial charge in [0.2, 0.25) is 0 Å². The highest BCUT2D eigenvalue weighted by Crippen LogP contribution is 2.38. The van der Waals surface area contributed by atoms with E-state index in [1.807, 2.05) is 0 Å². The number of halogens is 2. The van der Waals surface area contributed by atoms with Gasteiger partial charge in [0.25, 0.3) is 0 Å². The summed E-state index contributed by atoms with van der Waals surface area (Å²) in [5.74, 6) is -0.870. The van der Waals surface area contributed by atoms with Crippen LogP contribution in [0.25, 0.3) is 0 Å². The van der Waals surface area contributed by atoms with Crippen LogP contribution in [0.1, 0.15) is 38.3 Å². The van der Waals surface area contributed by atoms with Crippen molar-refractivity contribution in [1.29, 1.82) is 0 Å². The Bertz CT molecular complexity index is 731. The Morgan fingerprint density at radius 3 is 2.75 bits per heavy atom. The summed E-state index contributed by atoms with van der Waals surface area (Å²) in [6.45, 7) is 3.74. The summed E-state index contributed by atoms with van der Waals surface area (Å²) in [6, 6.07) is 3.66. The van der Waals surface area contributed by atoms with E-state index in [0.29, 0.717) is 16.8 Å². The van der Waals surface area contributed by atoms with Gasteiger partial charge < -0.3 is 10.1 Å². The molecule has 1 aliphatic carbocycles. The molecular formula is C17H18BrFN2O3. The maximum absolute atomic E-state index is 13.5. The zero-order valence-electron chi connectivity index (χ0n) is 13.4. The number of benzene rings is 1. The Hall–Kier alpha value is -1.89. The number of rotatable bonds is 4. The molecule has 0 radical (unpaired) electrons. The van der Waals surface area contributed by atoms with Crippen LogP contribution in [0.5, 0.6) is 0 Å². The maximum Gasteiger partial charge on any atom is 0.338 e. The van der Waals surface area contributed by atoms with E-state index >= 15 is 0 Å². The summed E-state index contributed by atoms with van der Waals surface area (Å²) in [7, 11) is 0. The third kappa shape index (κ3) is 3.05. The quantitative estimate of drug-likeness (QED) is 0.790. The number of nitrogens with zero attached hydrogens (tertiary/aromatic N) is 1. The second-order valence-electron chi connectivity index (χ2n) is 5.88. The number of nitrogens with one attached hydrogen (secondary N) is 1. The number of hydrogen-bond donors (Lipinski definition) is 1. The van der Waals surface area contributed by atoms with Crippen LogP contribution in [0.3, 0.4) is 0 Å². The Morgan fingerprint density at radius 2 is 2.17 bits per heavy atom. The van der Waals surface area contributed by atoms with Crippen LogP contribution in [-0.4, -0.2) is 29.5 Å². The molecular weight excluding hydrogens is 379 g/mol. The van der Waals surface area contributed by atoms with Crippen molar-refractivity contribution < 1.29 is 18.7 Å². The molecule has 3 rings (SSSR count). The van der Waals surface area contributed by atoms with Crippen molar-refractivity contribution in [2.75, 3.05) is 6.61 Å². The second-order valence-corrected chi connectivity index (χ2v) is 6.73. The summed E-state index contributed by atoms with van der Waals surface area (Å²) in [5, 5.41) is 2.86. The van der Waals surface area contributed by atoms with Gasteiger partial charge in [-0.2, -0.15) is 0 Å². The highest BCUT2D eigenvalue weighted by molar-refractivity contribution is 9.10. The number of urea groups is 1. The molecule has 2 aliphatic rings. The fourth-order valence-electron chi connectivity index (χ4n) is 2.94. The highest BCUT2D eigenvalue weighted by atomic mass is 79.9. The Labute approximate surface area is 148 Å². The van der Waals surface area contributed by atoms with Crippen LogP contribution in [0, 0.1) is 5.82 Å². The molecule has 1 atom stereocenters. The third-order valence-corrected chi connectivity index (χ3v) is 4.82. The van der Waals surface area contributed by atoms with Gasteiger partial charge in [-0.3, -0.25) is 4.90 Å². The van der Waals surface area contributed by atoms with Crippen molar-refractivity contribution >= 4 is 27.9 Å². The van der Waals surface area contributed by atoms with E-state index in [4.69, 9.17) is 4.74 Å². The van der Waals surface area contributed by atoms with Gasteiger partial charge in [-0.05, 0) is 60.3 Å². The summed E-state index contributed by atoms with van der Waals surface area (Å²) < 4.78 is 19.0. The average molecular weight is 397 g/mol. The fourth-order valence-corrected chi connectivity index (χ4v) is 3.34. The molecule has 7 heteroatoms. The summed E-state index contributed by atoms with van der Waals surface area (Å²) in [5.41, 5.74) is 1.61. The standard InChI is InChI=1S/C17H18BrFN2O3/c1-3-24-16(22)14-9(2)21(11-5-6-11)17(23)20-15(14)10-4-7-13(19)12(18)8-10/h4,7-8,11,15H,3,5-6H2,1-2H3,(H,20,23). The first-order valence-corrected chi connectivity index (χ1v) is 8.66. The van der Waals surface area contributed by atoms with E-state index in [1.165, 1.54) is 6.07 Å². The number of hydrogen-bond acceptors (Lipinski definition) is 3. The van der Waals surface area contributed by atoms with Crippen LogP contribution in [0.4, 0.5) is 9.18 Å². The number of amides is 2. The Balaban J connectivity index is 2.07. The number of allylic oxidation sites excluding steroid dienone is 1. The van der Waals surface area contributed by atoms with Gasteiger partial charge in [-0.1, -0.05) is 6.07 Å². The zero-order valence-corrected chi connectivity index (χ0v) is 15.0. The minimum Gasteiger partial charge on any atom is -0.463 e. The van der Waals surface area contributed by atoms with E-state index in [-0.39, 0.29) is 23.2 Å². The SMILES string of the molecule is CCOC(=O)C1=C(C)N(C2CC2)C(=O)NC1c1ccc(F)c(Br)c1. The molecule has 1 aromatic carbocycles. The van der Waals surface area contributed by atoms with Crippen molar-refractivity contribution in [3.63, 3.8) is 0 Å². The first kappa shape index (κ1) is 17.0. The molecule has 128 valence electrons. The van der Waals surface area contributed by atoms with Gasteiger partial charge in [0.15, 0.2) is 0 Å². The first-order valence-electron chi connectivity index (χ1n) is 7.86. The topological polar surface area (TPSA) is 58.6 Å². The molecule has 0 spiro atoms. The van der Waals surface area contributed by atoms with E-state index < -0.39 is 17.8 Å². The molecule has 0 saturated heterocycles. The largest absolute Gasteiger partial charge is 0.463 e. The minimum absolute atomic E-state index is 0.135. The van der Waals surface area contributed by atoms with Crippen molar-refractivity contribution in [3.8, 4) is 0 Å². The van der Waals surface area contributed by atoms with E-state index in [9.17, 15) is 14.0 Å². The Morgan fingerprint density at radius 1 is 1.46 bits per heavy atom. The molecule has 0 bridgehead atoms. The van der Waals surface area contributed by atoms with Gasteiger partial charge in [-0.25, -0.2) is 14.0 Å². The predicted molar refractivity (Wildman–Crippen MR) is 89.6 cm³/mol. The fraction of sp³-hybridized carbons (Fsp3) is 0.412. The molecule has 1 saturated carbocycles. The summed E-state index contributed by atoms with van der Waals surface area (Å²) in [4.78, 5) is 26.6. The highest BCUT2D eigenvalue weighted by Gasteiger charge is 2.42. The average Bonchev–Trinajstić information content (AvgIpc) is 3.34. The molecule has 1 aromatic rings. The van der Waals surface area contributed by atoms with Gasteiger partial charge in [0, 0.05) is 11.7 Å². The predicted octanol–water partition coefficient (Wildman–Crippen LogP) is 3.65. The lowest BCUT2D eigenvalue weighted by atomic mass is 9.95. The minimum atomic E-state index is -0.663. The Kier molecular flexibility index (Phi) is 4.62. The monoisotopic (exact) mass is 396 g/mol. The normalized spacial score (nSPS) is 20.9. The molecule has 1 N–H and O–H groups in total. The molecule has 1 unspecified atom stereocenters. The van der Waals surface area contributed by atoms with Gasteiger partial charge in [-0.15, -0.1) is 0 Å². The zero-order chi connectivity index (χ0) is 17.4. The molecule has 1 heterocycles. The molecule has 5 nitrogen and oxygen atoms in total. The lowest BCUT2D eigenvalue weighted by molar-refractivity contribution is -0.139. The summed E-state index contributed by atoms with van der Waals surface area (Å²) in [6.07, 6.45) is 1.85. The van der Waals surface area contributed by atoms with E-state index in [1.54, 1.807) is 30.9 Å². The van der Waals surface area contributed by atoms with Crippen molar-refractivity contribution in [2.45, 2.75) is 38.8 Å². The van der Waals surface area contributed by atoms with Gasteiger partial charge in [0.05, 0.1) is 22.7 Å². The smallest absolute Gasteiger partial charge is 0.338 e. The van der Waals surface area contributed by atoms with Crippen LogP contribution in [0.15, 0.2) is 33.9 Å². The van der Waals surface area contributed by atoms with Crippen molar-refractivity contribution in [1.82, 2.24) is 10.2 Å². The van der Waals surface area contributed by atoms with Crippen LogP contribution in [-0.2, 0) is 9.53 Å². The van der Waals surface area contributed by atoms with Crippen LogP contribution in [0.2, 0.25) is 0 Å². The van der Waals surface area contributed by atoms with Crippen molar-refractivity contribution in [2.24, 2.45) is 0 Å². The number of carbonyl (C=O) groups is 2. The number of carbonyl (C=O) groups excluding carboxylic acids is 2. The van der Waals surface area contributed by atoms with Gasteiger partial charge in [0.1, 0.15) is 5.82 Å². The molecule has 24 heavy (non-hydrogen) atoms. The number of esters is 1. The van der Waals surface area contributed by atoms with E-state index in [0.717, 1.165) is 12.8 Å². The molecule has 2 amide bonds. The lowest BCUT2D eigenvalue weighted by Gasteiger charge is -2.35. The number of ether oxygens (including phenoxy) is 1. The molecule has 0 aromatic heterocycles. The molecule has 1 fully saturated rings. The maximum atomic E-state index is 13.5. The van der Waals surface area contributed by atoms with Crippen molar-refractivity contribution in [3.05, 3.63) is 45.3 Å². The van der Waals surface area contributed by atoms with E-state index in [2.05, 4.69) is 21.2 Å². The first-order chi connectivity index (χ1) is 11.4. The van der Waals surface area contributed by atoms with Crippen LogP contribution < -0.4 is 5.32 Å². The van der Waals surface area contributed by atoms with Gasteiger partial charge >= 0.3 is 12.0 Å². The molecule has 1 aliphatic heterocycles.